The van der Waals surface area contributed by atoms with Crippen molar-refractivity contribution in [3.05, 3.63) is 0 Å². The molecule has 0 saturated carbocycles. The van der Waals surface area contributed by atoms with Gasteiger partial charge in [-0.25, -0.2) is 8.42 Å². The molecule has 7 heteroatoms. The number of guanidine groups is 1. The zero-order chi connectivity index (χ0) is 17.3. The zero-order valence-corrected chi connectivity index (χ0v) is 16.0. The van der Waals surface area contributed by atoms with Crippen LogP contribution in [0.1, 0.15) is 39.5 Å². The van der Waals surface area contributed by atoms with Crippen LogP contribution >= 0.6 is 0 Å². The number of nitrogens with zero attached hydrogens (tertiary/aromatic N) is 2. The summed E-state index contributed by atoms with van der Waals surface area (Å²) in [6.45, 7) is 8.67. The number of sulfone groups is 1. The molecule has 0 aromatic carbocycles. The molecule has 1 aliphatic rings. The van der Waals surface area contributed by atoms with Crippen LogP contribution in [0.4, 0.5) is 0 Å². The van der Waals surface area contributed by atoms with E-state index in [4.69, 9.17) is 0 Å². The standard InChI is InChI=1S/C16H34N4O2S/c1-14(13-20-9-6-5-7-10-20)12-18-16(17-3)19-15(2)8-11-23(4,21)22/h14-15H,5-13H2,1-4H3,(H2,17,18,19). The lowest BCUT2D eigenvalue weighted by atomic mass is 10.1. The molecule has 0 aromatic heterocycles. The third-order valence-electron chi connectivity index (χ3n) is 4.16. The third-order valence-corrected chi connectivity index (χ3v) is 5.14. The maximum atomic E-state index is 11.2. The first-order chi connectivity index (χ1) is 10.8. The predicted molar refractivity (Wildman–Crippen MR) is 97.7 cm³/mol. The van der Waals surface area contributed by atoms with Crippen LogP contribution in [0.5, 0.6) is 0 Å². The predicted octanol–water partition coefficient (Wildman–Crippen LogP) is 1.10. The quantitative estimate of drug-likeness (QED) is 0.508. The molecule has 0 amide bonds. The molecule has 23 heavy (non-hydrogen) atoms. The minimum absolute atomic E-state index is 0.0772. The number of piperidine rings is 1. The van der Waals surface area contributed by atoms with Gasteiger partial charge in [0.1, 0.15) is 9.84 Å². The minimum Gasteiger partial charge on any atom is -0.356 e. The summed E-state index contributed by atoms with van der Waals surface area (Å²) in [6, 6.07) is 0.0772. The Balaban J connectivity index is 2.27. The Morgan fingerprint density at radius 2 is 1.87 bits per heavy atom. The number of rotatable bonds is 8. The van der Waals surface area contributed by atoms with Gasteiger partial charge in [0.05, 0.1) is 5.75 Å². The molecule has 136 valence electrons. The van der Waals surface area contributed by atoms with Crippen LogP contribution in [-0.4, -0.2) is 70.6 Å². The van der Waals surface area contributed by atoms with E-state index < -0.39 is 9.84 Å². The van der Waals surface area contributed by atoms with Gasteiger partial charge in [-0.2, -0.15) is 0 Å². The summed E-state index contributed by atoms with van der Waals surface area (Å²) in [6.07, 6.45) is 5.87. The van der Waals surface area contributed by atoms with E-state index in [0.29, 0.717) is 12.3 Å². The van der Waals surface area contributed by atoms with Crippen molar-refractivity contribution in [1.82, 2.24) is 15.5 Å². The average Bonchev–Trinajstić information content (AvgIpc) is 2.49. The fraction of sp³-hybridized carbons (Fsp3) is 0.938. The lowest BCUT2D eigenvalue weighted by Gasteiger charge is -2.29. The van der Waals surface area contributed by atoms with Gasteiger partial charge in [-0.1, -0.05) is 13.3 Å². The summed E-state index contributed by atoms with van der Waals surface area (Å²) in [5.41, 5.74) is 0. The highest BCUT2D eigenvalue weighted by Gasteiger charge is 2.14. The zero-order valence-electron chi connectivity index (χ0n) is 15.1. The Morgan fingerprint density at radius 1 is 1.22 bits per heavy atom. The number of hydrogen-bond donors (Lipinski definition) is 2. The van der Waals surface area contributed by atoms with Crippen molar-refractivity contribution in [2.24, 2.45) is 10.9 Å². The van der Waals surface area contributed by atoms with Crippen molar-refractivity contribution in [2.45, 2.75) is 45.6 Å². The van der Waals surface area contributed by atoms with E-state index in [1.54, 1.807) is 7.05 Å². The van der Waals surface area contributed by atoms with E-state index in [1.807, 2.05) is 6.92 Å². The van der Waals surface area contributed by atoms with E-state index in [9.17, 15) is 8.42 Å². The largest absolute Gasteiger partial charge is 0.356 e. The maximum absolute atomic E-state index is 11.2. The average molecular weight is 347 g/mol. The fourth-order valence-corrected chi connectivity index (χ4v) is 3.59. The SMILES string of the molecule is CN=C(NCC(C)CN1CCCCC1)NC(C)CCS(C)(=O)=O. The molecule has 0 aromatic rings. The van der Waals surface area contributed by atoms with Crippen LogP contribution in [0.3, 0.4) is 0 Å². The first-order valence-corrected chi connectivity index (χ1v) is 10.7. The molecule has 2 unspecified atom stereocenters. The van der Waals surface area contributed by atoms with Crippen LogP contribution in [-0.2, 0) is 9.84 Å². The molecule has 0 aliphatic carbocycles. The minimum atomic E-state index is -2.91. The van der Waals surface area contributed by atoms with Crippen molar-refractivity contribution in [2.75, 3.05) is 45.2 Å². The first-order valence-electron chi connectivity index (χ1n) is 8.67. The Hall–Kier alpha value is -0.820. The highest BCUT2D eigenvalue weighted by atomic mass is 32.2. The smallest absolute Gasteiger partial charge is 0.191 e. The van der Waals surface area contributed by atoms with Gasteiger partial charge in [0.25, 0.3) is 0 Å². The van der Waals surface area contributed by atoms with Crippen LogP contribution < -0.4 is 10.6 Å². The molecule has 2 atom stereocenters. The number of likely N-dealkylation sites (tertiary alicyclic amines) is 1. The second-order valence-corrected chi connectivity index (χ2v) is 9.14. The molecular weight excluding hydrogens is 312 g/mol. The lowest BCUT2D eigenvalue weighted by molar-refractivity contribution is 0.201. The van der Waals surface area contributed by atoms with E-state index in [-0.39, 0.29) is 11.8 Å². The lowest BCUT2D eigenvalue weighted by Crippen LogP contribution is -2.45. The summed E-state index contributed by atoms with van der Waals surface area (Å²) in [7, 11) is -1.17. The van der Waals surface area contributed by atoms with Crippen molar-refractivity contribution < 1.29 is 8.42 Å². The van der Waals surface area contributed by atoms with Crippen LogP contribution in [0.15, 0.2) is 4.99 Å². The van der Waals surface area contributed by atoms with Gasteiger partial charge in [-0.05, 0) is 45.2 Å². The molecule has 1 fully saturated rings. The fourth-order valence-electron chi connectivity index (χ4n) is 2.81. The number of aliphatic imine (C=N–C) groups is 1. The second kappa shape index (κ2) is 10.1. The molecule has 6 nitrogen and oxygen atoms in total. The van der Waals surface area contributed by atoms with Gasteiger partial charge >= 0.3 is 0 Å². The molecule has 1 aliphatic heterocycles. The van der Waals surface area contributed by atoms with E-state index in [1.165, 1.54) is 38.6 Å². The van der Waals surface area contributed by atoms with E-state index >= 15 is 0 Å². The molecule has 0 bridgehead atoms. The molecule has 0 radical (unpaired) electrons. The van der Waals surface area contributed by atoms with Gasteiger partial charge in [-0.3, -0.25) is 4.99 Å². The summed E-state index contributed by atoms with van der Waals surface area (Å²) in [5.74, 6) is 1.50. The van der Waals surface area contributed by atoms with Crippen LogP contribution in [0, 0.1) is 5.92 Å². The molecule has 1 saturated heterocycles. The summed E-state index contributed by atoms with van der Waals surface area (Å²) in [4.78, 5) is 6.77. The highest BCUT2D eigenvalue weighted by Crippen LogP contribution is 2.10. The van der Waals surface area contributed by atoms with Crippen LogP contribution in [0.25, 0.3) is 0 Å². The van der Waals surface area contributed by atoms with Gasteiger partial charge in [0.2, 0.25) is 0 Å². The topological polar surface area (TPSA) is 73.8 Å². The second-order valence-electron chi connectivity index (χ2n) is 6.88. The van der Waals surface area contributed by atoms with Gasteiger partial charge in [-0.15, -0.1) is 0 Å². The molecule has 1 heterocycles. The molecule has 0 spiro atoms. The van der Waals surface area contributed by atoms with Gasteiger partial charge in [0, 0.05) is 32.4 Å². The van der Waals surface area contributed by atoms with Crippen molar-refractivity contribution in [3.63, 3.8) is 0 Å². The van der Waals surface area contributed by atoms with Gasteiger partial charge < -0.3 is 15.5 Å². The van der Waals surface area contributed by atoms with Crippen LogP contribution in [0.2, 0.25) is 0 Å². The highest BCUT2D eigenvalue weighted by molar-refractivity contribution is 7.90. The maximum Gasteiger partial charge on any atom is 0.191 e. The molecule has 1 rings (SSSR count). The molecular formula is C16H34N4O2S. The Labute approximate surface area is 142 Å². The summed E-state index contributed by atoms with van der Waals surface area (Å²) in [5, 5.41) is 6.61. The van der Waals surface area contributed by atoms with E-state index in [0.717, 1.165) is 19.0 Å². The first kappa shape index (κ1) is 20.2. The monoisotopic (exact) mass is 346 g/mol. The van der Waals surface area contributed by atoms with E-state index in [2.05, 4.69) is 27.4 Å². The summed E-state index contributed by atoms with van der Waals surface area (Å²) >= 11 is 0. The van der Waals surface area contributed by atoms with Gasteiger partial charge in [0.15, 0.2) is 5.96 Å². The number of nitrogens with one attached hydrogen (secondary N) is 2. The van der Waals surface area contributed by atoms with Crippen molar-refractivity contribution >= 4 is 15.8 Å². The number of hydrogen-bond acceptors (Lipinski definition) is 4. The Kier molecular flexibility index (Phi) is 8.91. The molecule has 2 N–H and O–H groups in total. The third kappa shape index (κ3) is 9.81. The Bertz CT molecular complexity index is 459. The Morgan fingerprint density at radius 3 is 2.43 bits per heavy atom. The summed E-state index contributed by atoms with van der Waals surface area (Å²) < 4.78 is 22.4. The van der Waals surface area contributed by atoms with Crippen molar-refractivity contribution in [3.8, 4) is 0 Å². The van der Waals surface area contributed by atoms with Crippen molar-refractivity contribution in [1.29, 1.82) is 0 Å². The normalized spacial score (nSPS) is 20.1.